The Labute approximate surface area is 442 Å². The standard InChI is InChI=1S/C64H83NO9/c1-3-5-7-9-11-13-15-17-18-20-22-24-26-28-47-71-57-41-34-52(35-42-57)64(69)74-60-45-38-54(61(66)49-60)50-65-55-30-29-31-59(48-55)73-63(68)53-36-43-58(44-37-53)72-62(67)51-32-39-56(40-33-51)70-46-27-25-23-21-19-16-14-12-10-8-6-4-2/h29-45,48-50,66H,3-28,46-47H2,1-2H3. The van der Waals surface area contributed by atoms with Gasteiger partial charge in [0, 0.05) is 23.9 Å². The molecule has 0 radical (unpaired) electrons. The lowest BCUT2D eigenvalue weighted by Crippen LogP contribution is -2.10. The summed E-state index contributed by atoms with van der Waals surface area (Å²) in [6.07, 6.45) is 35.3. The number of unbranched alkanes of at least 4 members (excludes halogenated alkanes) is 24. The first-order valence-corrected chi connectivity index (χ1v) is 28.0. The number of esters is 3. The molecular weight excluding hydrogens is 927 g/mol. The van der Waals surface area contributed by atoms with Crippen LogP contribution in [0, 0.1) is 0 Å². The van der Waals surface area contributed by atoms with Crippen LogP contribution in [0.5, 0.6) is 34.5 Å². The number of hydrogen-bond acceptors (Lipinski definition) is 10. The van der Waals surface area contributed by atoms with Gasteiger partial charge in [0.25, 0.3) is 0 Å². The largest absolute Gasteiger partial charge is 0.507 e. The molecule has 0 saturated heterocycles. The fourth-order valence-electron chi connectivity index (χ4n) is 8.62. The summed E-state index contributed by atoms with van der Waals surface area (Å²) in [5.74, 6) is 0.321. The molecule has 10 nitrogen and oxygen atoms in total. The molecule has 0 bridgehead atoms. The minimum Gasteiger partial charge on any atom is -0.507 e. The lowest BCUT2D eigenvalue weighted by Gasteiger charge is -2.09. The molecule has 5 aromatic rings. The molecule has 0 aromatic heterocycles. The van der Waals surface area contributed by atoms with E-state index in [4.69, 9.17) is 23.7 Å². The number of phenols is 1. The zero-order valence-electron chi connectivity index (χ0n) is 44.5. The van der Waals surface area contributed by atoms with E-state index in [0.29, 0.717) is 47.1 Å². The van der Waals surface area contributed by atoms with E-state index in [1.807, 2.05) is 0 Å². The van der Waals surface area contributed by atoms with Crippen LogP contribution in [0.15, 0.2) is 120 Å². The van der Waals surface area contributed by atoms with Crippen molar-refractivity contribution >= 4 is 29.8 Å². The first-order chi connectivity index (χ1) is 36.3. The second-order valence-corrected chi connectivity index (χ2v) is 19.4. The average molecular weight is 1010 g/mol. The van der Waals surface area contributed by atoms with Gasteiger partial charge < -0.3 is 28.8 Å². The van der Waals surface area contributed by atoms with Gasteiger partial charge in [0.1, 0.15) is 34.5 Å². The predicted molar refractivity (Wildman–Crippen MR) is 298 cm³/mol. The van der Waals surface area contributed by atoms with E-state index < -0.39 is 17.9 Å². The van der Waals surface area contributed by atoms with Crippen LogP contribution in [0.2, 0.25) is 0 Å². The molecule has 0 aliphatic carbocycles. The van der Waals surface area contributed by atoms with Crippen LogP contribution < -0.4 is 23.7 Å². The van der Waals surface area contributed by atoms with E-state index in [9.17, 15) is 19.5 Å². The van der Waals surface area contributed by atoms with Crippen LogP contribution >= 0.6 is 0 Å². The molecule has 5 aromatic carbocycles. The highest BCUT2D eigenvalue weighted by atomic mass is 16.5. The zero-order valence-corrected chi connectivity index (χ0v) is 44.5. The molecule has 1 N–H and O–H groups in total. The molecule has 10 heteroatoms. The van der Waals surface area contributed by atoms with E-state index in [-0.39, 0.29) is 28.6 Å². The Balaban J connectivity index is 0.949. The lowest BCUT2D eigenvalue weighted by atomic mass is 10.0. The molecule has 0 atom stereocenters. The Morgan fingerprint density at radius 1 is 0.392 bits per heavy atom. The van der Waals surface area contributed by atoms with Crippen LogP contribution in [-0.4, -0.2) is 42.4 Å². The number of phenolic OH excluding ortho intramolecular Hbond substituents is 1. The van der Waals surface area contributed by atoms with Gasteiger partial charge in [-0.2, -0.15) is 0 Å². The average Bonchev–Trinajstić information content (AvgIpc) is 3.41. The zero-order chi connectivity index (χ0) is 52.3. The molecule has 0 amide bonds. The number of hydrogen-bond donors (Lipinski definition) is 1. The van der Waals surface area contributed by atoms with Crippen molar-refractivity contribution in [1.29, 1.82) is 0 Å². The smallest absolute Gasteiger partial charge is 0.343 e. The van der Waals surface area contributed by atoms with Crippen molar-refractivity contribution in [2.45, 2.75) is 181 Å². The fourth-order valence-corrected chi connectivity index (χ4v) is 8.62. The third kappa shape index (κ3) is 23.6. The van der Waals surface area contributed by atoms with Crippen LogP contribution in [0.1, 0.15) is 217 Å². The van der Waals surface area contributed by atoms with E-state index in [2.05, 4.69) is 18.8 Å². The summed E-state index contributed by atoms with van der Waals surface area (Å²) in [7, 11) is 0. The topological polar surface area (TPSA) is 130 Å². The van der Waals surface area contributed by atoms with Crippen molar-refractivity contribution in [1.82, 2.24) is 0 Å². The number of carbonyl (C=O) groups is 3. The number of ether oxygens (including phenoxy) is 5. The molecule has 74 heavy (non-hydrogen) atoms. The Morgan fingerprint density at radius 2 is 0.730 bits per heavy atom. The van der Waals surface area contributed by atoms with Crippen LogP contribution in [0.4, 0.5) is 5.69 Å². The van der Waals surface area contributed by atoms with E-state index in [1.165, 1.54) is 178 Å². The number of benzene rings is 5. The summed E-state index contributed by atoms with van der Waals surface area (Å²) in [6.45, 7) is 5.81. The Kier molecular flexibility index (Phi) is 28.2. The molecule has 0 aliphatic heterocycles. The molecule has 398 valence electrons. The molecule has 0 unspecified atom stereocenters. The third-order valence-electron chi connectivity index (χ3n) is 13.1. The first kappa shape index (κ1) is 58.5. The van der Waals surface area contributed by atoms with Crippen LogP contribution in [0.3, 0.4) is 0 Å². The minimum absolute atomic E-state index is 0.133. The highest BCUT2D eigenvalue weighted by molar-refractivity contribution is 5.93. The van der Waals surface area contributed by atoms with Gasteiger partial charge >= 0.3 is 17.9 Å². The molecular formula is C64H83NO9. The number of carbonyl (C=O) groups excluding carboxylic acids is 3. The summed E-state index contributed by atoms with van der Waals surface area (Å²) < 4.78 is 28.5. The van der Waals surface area contributed by atoms with E-state index in [1.54, 1.807) is 84.9 Å². The lowest BCUT2D eigenvalue weighted by molar-refractivity contribution is 0.0723. The van der Waals surface area contributed by atoms with E-state index in [0.717, 1.165) is 25.7 Å². The summed E-state index contributed by atoms with van der Waals surface area (Å²) in [5, 5.41) is 10.7. The summed E-state index contributed by atoms with van der Waals surface area (Å²) in [4.78, 5) is 43.2. The second kappa shape index (κ2) is 35.7. The maximum absolute atomic E-state index is 13.0. The summed E-state index contributed by atoms with van der Waals surface area (Å²) in [5.41, 5.74) is 1.87. The predicted octanol–water partition coefficient (Wildman–Crippen LogP) is 17.7. The van der Waals surface area contributed by atoms with Crippen molar-refractivity contribution < 1.29 is 43.2 Å². The van der Waals surface area contributed by atoms with Crippen molar-refractivity contribution in [3.05, 3.63) is 138 Å². The summed E-state index contributed by atoms with van der Waals surface area (Å²) >= 11 is 0. The highest BCUT2D eigenvalue weighted by Crippen LogP contribution is 2.27. The van der Waals surface area contributed by atoms with Gasteiger partial charge in [-0.15, -0.1) is 0 Å². The van der Waals surface area contributed by atoms with Crippen molar-refractivity contribution in [2.24, 2.45) is 4.99 Å². The maximum atomic E-state index is 13.0. The fraction of sp³-hybridized carbons (Fsp3) is 0.469. The quantitative estimate of drug-likeness (QED) is 0.0178. The molecule has 0 fully saturated rings. The maximum Gasteiger partial charge on any atom is 0.343 e. The minimum atomic E-state index is -0.606. The monoisotopic (exact) mass is 1010 g/mol. The highest BCUT2D eigenvalue weighted by Gasteiger charge is 2.14. The van der Waals surface area contributed by atoms with Crippen LogP contribution in [-0.2, 0) is 0 Å². The Bertz CT molecular complexity index is 2380. The second-order valence-electron chi connectivity index (χ2n) is 19.4. The third-order valence-corrected chi connectivity index (χ3v) is 13.1. The Morgan fingerprint density at radius 3 is 1.12 bits per heavy atom. The van der Waals surface area contributed by atoms with Gasteiger partial charge in [0.15, 0.2) is 0 Å². The van der Waals surface area contributed by atoms with Crippen molar-refractivity contribution in [3.8, 4) is 34.5 Å². The van der Waals surface area contributed by atoms with Gasteiger partial charge in [-0.3, -0.25) is 4.99 Å². The number of aliphatic imine (C=N–C) groups is 1. The molecule has 0 heterocycles. The first-order valence-electron chi connectivity index (χ1n) is 28.0. The SMILES string of the molecule is CCCCCCCCCCCCCCCCOc1ccc(C(=O)Oc2ccc(C=Nc3cccc(OC(=O)c4ccc(OC(=O)c5ccc(OCCCCCCCCCCCCCC)cc5)cc4)c3)c(O)c2)cc1. The van der Waals surface area contributed by atoms with Gasteiger partial charge in [-0.05, 0) is 110 Å². The van der Waals surface area contributed by atoms with Crippen molar-refractivity contribution in [3.63, 3.8) is 0 Å². The number of rotatable bonds is 38. The van der Waals surface area contributed by atoms with Gasteiger partial charge in [0.2, 0.25) is 0 Å². The number of aromatic hydroxyl groups is 1. The van der Waals surface area contributed by atoms with Gasteiger partial charge in [0.05, 0.1) is 35.6 Å². The van der Waals surface area contributed by atoms with Gasteiger partial charge in [-0.1, -0.05) is 174 Å². The number of nitrogens with zero attached hydrogens (tertiary/aromatic N) is 1. The van der Waals surface area contributed by atoms with Crippen LogP contribution in [0.25, 0.3) is 0 Å². The molecule has 0 aliphatic rings. The van der Waals surface area contributed by atoms with E-state index >= 15 is 0 Å². The molecule has 0 saturated carbocycles. The normalized spacial score (nSPS) is 11.2. The Hall–Kier alpha value is -6.42. The molecule has 5 rings (SSSR count). The summed E-state index contributed by atoms with van der Waals surface area (Å²) in [6, 6.07) is 31.1. The molecule has 0 spiro atoms. The van der Waals surface area contributed by atoms with Crippen molar-refractivity contribution in [2.75, 3.05) is 13.2 Å². The van der Waals surface area contributed by atoms with Gasteiger partial charge in [-0.25, -0.2) is 14.4 Å².